The zero-order valence-electron chi connectivity index (χ0n) is 20.3. The van der Waals surface area contributed by atoms with E-state index in [9.17, 15) is 0 Å². The molecule has 0 radical (unpaired) electrons. The molecule has 4 nitrogen and oxygen atoms in total. The Labute approximate surface area is 197 Å². The molecule has 3 aromatic carbocycles. The van der Waals surface area contributed by atoms with Gasteiger partial charge in [0.05, 0.1) is 18.3 Å². The summed E-state index contributed by atoms with van der Waals surface area (Å²) in [6.45, 7) is 11.8. The Balaban J connectivity index is 1.58. The average Bonchev–Trinajstić information content (AvgIpc) is 2.79. The molecule has 0 atom stereocenters. The van der Waals surface area contributed by atoms with Gasteiger partial charge in [-0.2, -0.15) is 0 Å². The number of aliphatic imine (C=N–C) groups is 1. The van der Waals surface area contributed by atoms with Gasteiger partial charge in [0, 0.05) is 35.6 Å². The van der Waals surface area contributed by atoms with Gasteiger partial charge in [0.15, 0.2) is 0 Å². The zero-order chi connectivity index (χ0) is 23.6. The number of likely N-dealkylation sites (N-methyl/N-ethyl adjacent to an activating group) is 1. The van der Waals surface area contributed by atoms with Gasteiger partial charge < -0.3 is 14.4 Å². The molecule has 1 aliphatic rings. The number of rotatable bonds is 6. The molecular formula is C29H32N2O2. The van der Waals surface area contributed by atoms with E-state index in [0.717, 1.165) is 35.0 Å². The first kappa shape index (κ1) is 22.7. The fraction of sp³-hybridized carbons (Fsp3) is 0.276. The van der Waals surface area contributed by atoms with E-state index >= 15 is 0 Å². The lowest BCUT2D eigenvalue weighted by molar-refractivity contribution is 0.413. The van der Waals surface area contributed by atoms with Crippen LogP contribution in [0.4, 0.5) is 11.4 Å². The SMILES string of the molecule is CCN1c2cc(OC)c(C=Nc3ccc(Oc4ccc(C)cc4)cc3)cc2C(C)=CC1(C)C. The number of anilines is 1. The summed E-state index contributed by atoms with van der Waals surface area (Å²) in [5.74, 6) is 2.43. The monoisotopic (exact) mass is 440 g/mol. The van der Waals surface area contributed by atoms with E-state index in [1.165, 1.54) is 22.4 Å². The van der Waals surface area contributed by atoms with Crippen molar-refractivity contribution in [2.45, 2.75) is 40.2 Å². The maximum atomic E-state index is 5.92. The lowest BCUT2D eigenvalue weighted by Crippen LogP contribution is -2.44. The number of allylic oxidation sites excluding steroid dienone is 1. The van der Waals surface area contributed by atoms with E-state index in [0.29, 0.717) is 0 Å². The van der Waals surface area contributed by atoms with Crippen LogP contribution in [0.1, 0.15) is 44.4 Å². The molecule has 0 aliphatic carbocycles. The van der Waals surface area contributed by atoms with Gasteiger partial charge in [-0.15, -0.1) is 0 Å². The maximum absolute atomic E-state index is 5.92. The quantitative estimate of drug-likeness (QED) is 0.371. The summed E-state index contributed by atoms with van der Waals surface area (Å²) in [5, 5.41) is 0. The molecule has 0 N–H and O–H groups in total. The van der Waals surface area contributed by atoms with E-state index in [1.807, 2.05) is 54.7 Å². The molecule has 0 amide bonds. The van der Waals surface area contributed by atoms with Crippen LogP contribution in [-0.4, -0.2) is 25.4 Å². The van der Waals surface area contributed by atoms with Crippen LogP contribution >= 0.6 is 0 Å². The van der Waals surface area contributed by atoms with E-state index in [1.54, 1.807) is 7.11 Å². The minimum absolute atomic E-state index is 0.0329. The Hall–Kier alpha value is -3.53. The van der Waals surface area contributed by atoms with Crippen LogP contribution in [0.15, 0.2) is 71.7 Å². The van der Waals surface area contributed by atoms with Crippen LogP contribution in [0.3, 0.4) is 0 Å². The Morgan fingerprint density at radius 2 is 1.58 bits per heavy atom. The van der Waals surface area contributed by atoms with Crippen molar-refractivity contribution < 1.29 is 9.47 Å². The molecule has 0 fully saturated rings. The molecule has 0 saturated carbocycles. The van der Waals surface area contributed by atoms with Crippen LogP contribution in [0.5, 0.6) is 17.2 Å². The Morgan fingerprint density at radius 1 is 0.939 bits per heavy atom. The van der Waals surface area contributed by atoms with Gasteiger partial charge >= 0.3 is 0 Å². The molecule has 170 valence electrons. The summed E-state index contributed by atoms with van der Waals surface area (Å²) in [4.78, 5) is 7.10. The lowest BCUT2D eigenvalue weighted by atomic mass is 9.88. The summed E-state index contributed by atoms with van der Waals surface area (Å²) < 4.78 is 11.6. The topological polar surface area (TPSA) is 34.1 Å². The molecule has 3 aromatic rings. The highest BCUT2D eigenvalue weighted by atomic mass is 16.5. The molecule has 1 heterocycles. The number of nitrogens with zero attached hydrogens (tertiary/aromatic N) is 2. The number of aryl methyl sites for hydroxylation is 1. The van der Waals surface area contributed by atoms with Crippen LogP contribution in [-0.2, 0) is 0 Å². The Kier molecular flexibility index (Phi) is 6.28. The molecule has 4 heteroatoms. The second kappa shape index (κ2) is 9.14. The Bertz CT molecular complexity index is 1190. The van der Waals surface area contributed by atoms with E-state index < -0.39 is 0 Å². The second-order valence-electron chi connectivity index (χ2n) is 9.00. The van der Waals surface area contributed by atoms with Gasteiger partial charge in [-0.1, -0.05) is 23.8 Å². The van der Waals surface area contributed by atoms with Gasteiger partial charge in [-0.3, -0.25) is 4.99 Å². The molecular weight excluding hydrogens is 408 g/mol. The molecule has 1 aliphatic heterocycles. The average molecular weight is 441 g/mol. The second-order valence-corrected chi connectivity index (χ2v) is 9.00. The largest absolute Gasteiger partial charge is 0.496 e. The van der Waals surface area contributed by atoms with E-state index in [4.69, 9.17) is 14.5 Å². The number of hydrogen-bond donors (Lipinski definition) is 0. The first-order chi connectivity index (χ1) is 15.8. The molecule has 33 heavy (non-hydrogen) atoms. The van der Waals surface area contributed by atoms with E-state index in [2.05, 4.69) is 57.7 Å². The van der Waals surface area contributed by atoms with Gasteiger partial charge in [-0.05, 0) is 82.7 Å². The number of hydrogen-bond acceptors (Lipinski definition) is 4. The fourth-order valence-electron chi connectivity index (χ4n) is 4.46. The number of fused-ring (bicyclic) bond motifs is 1. The van der Waals surface area contributed by atoms with Gasteiger partial charge in [0.1, 0.15) is 17.2 Å². The maximum Gasteiger partial charge on any atom is 0.129 e. The van der Waals surface area contributed by atoms with Crippen molar-refractivity contribution in [1.29, 1.82) is 0 Å². The van der Waals surface area contributed by atoms with Gasteiger partial charge in [-0.25, -0.2) is 0 Å². The van der Waals surface area contributed by atoms with Crippen molar-refractivity contribution in [2.24, 2.45) is 4.99 Å². The minimum Gasteiger partial charge on any atom is -0.496 e. The Morgan fingerprint density at radius 3 is 2.18 bits per heavy atom. The first-order valence-corrected chi connectivity index (χ1v) is 11.4. The molecule has 4 rings (SSSR count). The highest BCUT2D eigenvalue weighted by molar-refractivity contribution is 5.92. The van der Waals surface area contributed by atoms with Gasteiger partial charge in [0.2, 0.25) is 0 Å². The van der Waals surface area contributed by atoms with E-state index in [-0.39, 0.29) is 5.54 Å². The molecule has 0 aromatic heterocycles. The van der Waals surface area contributed by atoms with Gasteiger partial charge in [0.25, 0.3) is 0 Å². The molecule has 0 spiro atoms. The fourth-order valence-corrected chi connectivity index (χ4v) is 4.46. The van der Waals surface area contributed by atoms with Crippen LogP contribution in [0.2, 0.25) is 0 Å². The summed E-state index contributed by atoms with van der Waals surface area (Å²) in [7, 11) is 1.71. The third kappa shape index (κ3) is 4.80. The van der Waals surface area contributed by atoms with Crippen molar-refractivity contribution >= 4 is 23.2 Å². The van der Waals surface area contributed by atoms with Crippen molar-refractivity contribution in [1.82, 2.24) is 0 Å². The third-order valence-corrected chi connectivity index (χ3v) is 6.09. The highest BCUT2D eigenvalue weighted by Crippen LogP contribution is 2.41. The van der Waals surface area contributed by atoms with Crippen LogP contribution < -0.4 is 14.4 Å². The summed E-state index contributed by atoms with van der Waals surface area (Å²) in [6, 6.07) is 20.1. The zero-order valence-corrected chi connectivity index (χ0v) is 20.3. The van der Waals surface area contributed by atoms with Crippen molar-refractivity contribution in [3.05, 3.63) is 83.4 Å². The third-order valence-electron chi connectivity index (χ3n) is 6.09. The number of benzene rings is 3. The minimum atomic E-state index is -0.0329. The summed E-state index contributed by atoms with van der Waals surface area (Å²) >= 11 is 0. The van der Waals surface area contributed by atoms with Crippen LogP contribution in [0, 0.1) is 6.92 Å². The summed E-state index contributed by atoms with van der Waals surface area (Å²) in [6.07, 6.45) is 4.21. The predicted molar refractivity (Wildman–Crippen MR) is 139 cm³/mol. The van der Waals surface area contributed by atoms with Crippen LogP contribution in [0.25, 0.3) is 5.57 Å². The first-order valence-electron chi connectivity index (χ1n) is 11.4. The standard InChI is InChI=1S/C29H32N2O2/c1-7-31-27-17-28(32-6)22(16-26(27)21(3)18-29(31,4)5)19-30-23-10-14-25(15-11-23)33-24-12-8-20(2)9-13-24/h8-19H,7H2,1-6H3. The lowest BCUT2D eigenvalue weighted by Gasteiger charge is -2.43. The molecule has 0 saturated heterocycles. The normalized spacial score (nSPS) is 14.7. The van der Waals surface area contributed by atoms with Crippen molar-refractivity contribution in [3.63, 3.8) is 0 Å². The number of methoxy groups -OCH3 is 1. The summed E-state index contributed by atoms with van der Waals surface area (Å²) in [5.41, 5.74) is 6.69. The molecule has 0 unspecified atom stereocenters. The smallest absolute Gasteiger partial charge is 0.129 e. The van der Waals surface area contributed by atoms with Crippen molar-refractivity contribution in [2.75, 3.05) is 18.6 Å². The number of ether oxygens (including phenoxy) is 2. The highest BCUT2D eigenvalue weighted by Gasteiger charge is 2.31. The molecule has 0 bridgehead atoms. The predicted octanol–water partition coefficient (Wildman–Crippen LogP) is 7.57. The van der Waals surface area contributed by atoms with Crippen molar-refractivity contribution in [3.8, 4) is 17.2 Å².